The smallest absolute Gasteiger partial charge is 0.229 e. The topological polar surface area (TPSA) is 73.8 Å². The Kier molecular flexibility index (Phi) is 4.08. The molecule has 1 aromatic heterocycles. The van der Waals surface area contributed by atoms with Gasteiger partial charge >= 0.3 is 0 Å². The summed E-state index contributed by atoms with van der Waals surface area (Å²) in [4.78, 5) is 2.35. The zero-order chi connectivity index (χ0) is 14.7. The van der Waals surface area contributed by atoms with Crippen LogP contribution in [0.5, 0.6) is 5.75 Å². The minimum Gasteiger partial charge on any atom is -0.496 e. The normalized spacial score (nSPS) is 16.0. The summed E-state index contributed by atoms with van der Waals surface area (Å²) in [5.74, 6) is 1.21. The van der Waals surface area contributed by atoms with Crippen molar-refractivity contribution < 1.29 is 14.0 Å². The molecule has 0 aliphatic carbocycles. The molecule has 21 heavy (non-hydrogen) atoms. The number of nitrogen functional groups attached to an aromatic ring is 1. The van der Waals surface area contributed by atoms with Gasteiger partial charge in [-0.2, -0.15) is 0 Å². The Balaban J connectivity index is 1.88. The number of nitrogens with two attached hydrogens (primary N) is 1. The third-order valence-electron chi connectivity index (χ3n) is 3.69. The Hall–Kier alpha value is -2.05. The number of ether oxygens (including phenoxy) is 2. The summed E-state index contributed by atoms with van der Waals surface area (Å²) in [5.41, 5.74) is 8.70. The van der Waals surface area contributed by atoms with Crippen LogP contribution >= 0.6 is 0 Å². The number of rotatable bonds is 4. The first-order valence-corrected chi connectivity index (χ1v) is 6.95. The average Bonchev–Trinajstić information content (AvgIpc) is 2.94. The van der Waals surface area contributed by atoms with Gasteiger partial charge in [0, 0.05) is 25.2 Å². The Morgan fingerprint density at radius 3 is 2.81 bits per heavy atom. The van der Waals surface area contributed by atoms with Crippen LogP contribution < -0.4 is 10.5 Å². The molecule has 1 saturated heterocycles. The summed E-state index contributed by atoms with van der Waals surface area (Å²) in [6, 6.07) is 6.00. The number of anilines is 1. The maximum absolute atomic E-state index is 5.79. The molecule has 2 heterocycles. The first kappa shape index (κ1) is 13.9. The van der Waals surface area contributed by atoms with Crippen molar-refractivity contribution in [2.24, 2.45) is 0 Å². The highest BCUT2D eigenvalue weighted by Crippen LogP contribution is 2.30. The molecule has 0 radical (unpaired) electrons. The fraction of sp³-hybridized carbons (Fsp3) is 0.400. The van der Waals surface area contributed by atoms with Gasteiger partial charge in [0.25, 0.3) is 0 Å². The molecule has 0 unspecified atom stereocenters. The summed E-state index contributed by atoms with van der Waals surface area (Å²) in [5, 5.41) is 3.73. The van der Waals surface area contributed by atoms with Crippen LogP contribution in [0.2, 0.25) is 0 Å². The predicted molar refractivity (Wildman–Crippen MR) is 79.0 cm³/mol. The highest BCUT2D eigenvalue weighted by molar-refractivity contribution is 5.73. The van der Waals surface area contributed by atoms with Crippen LogP contribution in [0.15, 0.2) is 28.9 Å². The van der Waals surface area contributed by atoms with Crippen molar-refractivity contribution in [3.05, 3.63) is 30.0 Å². The molecule has 0 amide bonds. The van der Waals surface area contributed by atoms with Crippen LogP contribution in [-0.4, -0.2) is 43.5 Å². The average molecular weight is 289 g/mol. The second-order valence-corrected chi connectivity index (χ2v) is 5.02. The standard InChI is InChI=1S/C15H19N3O3/c1-19-14-3-2-11(13-9-17-21-15(13)16)8-12(14)10-18-4-6-20-7-5-18/h2-3,8-9H,4-7,10,16H2,1H3. The molecule has 1 aromatic carbocycles. The predicted octanol–water partition coefficient (Wildman–Crippen LogP) is 1.76. The molecule has 1 aliphatic heterocycles. The number of hydrogen-bond acceptors (Lipinski definition) is 6. The van der Waals surface area contributed by atoms with Gasteiger partial charge in [0.2, 0.25) is 5.88 Å². The Morgan fingerprint density at radius 2 is 2.14 bits per heavy atom. The van der Waals surface area contributed by atoms with E-state index in [1.54, 1.807) is 13.3 Å². The molecule has 112 valence electrons. The van der Waals surface area contributed by atoms with Crippen molar-refractivity contribution in [2.45, 2.75) is 6.54 Å². The van der Waals surface area contributed by atoms with E-state index >= 15 is 0 Å². The number of morpholine rings is 1. The SMILES string of the molecule is COc1ccc(-c2cnoc2N)cc1CN1CCOCC1. The fourth-order valence-corrected chi connectivity index (χ4v) is 2.54. The summed E-state index contributed by atoms with van der Waals surface area (Å²) in [7, 11) is 1.69. The molecule has 6 nitrogen and oxygen atoms in total. The zero-order valence-electron chi connectivity index (χ0n) is 12.0. The quantitative estimate of drug-likeness (QED) is 0.924. The maximum Gasteiger partial charge on any atom is 0.229 e. The Labute approximate surface area is 123 Å². The van der Waals surface area contributed by atoms with Gasteiger partial charge in [-0.25, -0.2) is 0 Å². The number of aromatic nitrogens is 1. The highest BCUT2D eigenvalue weighted by Gasteiger charge is 2.15. The second kappa shape index (κ2) is 6.15. The second-order valence-electron chi connectivity index (χ2n) is 5.02. The Morgan fingerprint density at radius 1 is 1.33 bits per heavy atom. The molecule has 3 rings (SSSR count). The molecule has 0 atom stereocenters. The van der Waals surface area contributed by atoms with Gasteiger partial charge in [0.1, 0.15) is 5.75 Å². The molecule has 0 saturated carbocycles. The van der Waals surface area contributed by atoms with Crippen molar-refractivity contribution in [3.8, 4) is 16.9 Å². The van der Waals surface area contributed by atoms with Gasteiger partial charge in [-0.3, -0.25) is 4.90 Å². The van der Waals surface area contributed by atoms with Gasteiger partial charge in [-0.05, 0) is 17.7 Å². The summed E-state index contributed by atoms with van der Waals surface area (Å²) in [6.45, 7) is 4.25. The maximum atomic E-state index is 5.79. The largest absolute Gasteiger partial charge is 0.496 e. The minimum absolute atomic E-state index is 0.331. The van der Waals surface area contributed by atoms with Crippen LogP contribution in [0.4, 0.5) is 5.88 Å². The van der Waals surface area contributed by atoms with E-state index in [-0.39, 0.29) is 0 Å². The van der Waals surface area contributed by atoms with E-state index in [0.717, 1.165) is 55.3 Å². The highest BCUT2D eigenvalue weighted by atomic mass is 16.5. The Bertz CT molecular complexity index is 606. The van der Waals surface area contributed by atoms with Gasteiger partial charge in [0.05, 0.1) is 32.1 Å². The lowest BCUT2D eigenvalue weighted by molar-refractivity contribution is 0.0339. The van der Waals surface area contributed by atoms with E-state index in [1.807, 2.05) is 12.1 Å². The molecule has 2 N–H and O–H groups in total. The van der Waals surface area contributed by atoms with Crippen molar-refractivity contribution in [1.29, 1.82) is 0 Å². The molecular weight excluding hydrogens is 270 g/mol. The van der Waals surface area contributed by atoms with Crippen molar-refractivity contribution in [1.82, 2.24) is 10.1 Å². The minimum atomic E-state index is 0.331. The van der Waals surface area contributed by atoms with E-state index in [1.165, 1.54) is 0 Å². The van der Waals surface area contributed by atoms with E-state index < -0.39 is 0 Å². The number of methoxy groups -OCH3 is 1. The van der Waals surface area contributed by atoms with Crippen molar-refractivity contribution in [3.63, 3.8) is 0 Å². The molecule has 0 spiro atoms. The summed E-state index contributed by atoms with van der Waals surface area (Å²) >= 11 is 0. The van der Waals surface area contributed by atoms with Crippen LogP contribution in [0.1, 0.15) is 5.56 Å². The van der Waals surface area contributed by atoms with Crippen molar-refractivity contribution in [2.75, 3.05) is 39.1 Å². The molecule has 0 bridgehead atoms. The van der Waals surface area contributed by atoms with Gasteiger partial charge in [-0.1, -0.05) is 11.2 Å². The number of benzene rings is 1. The van der Waals surface area contributed by atoms with Crippen molar-refractivity contribution >= 4 is 5.88 Å². The zero-order valence-corrected chi connectivity index (χ0v) is 12.0. The lowest BCUT2D eigenvalue weighted by Gasteiger charge is -2.27. The third kappa shape index (κ3) is 3.01. The van der Waals surface area contributed by atoms with E-state index in [9.17, 15) is 0 Å². The first-order chi connectivity index (χ1) is 10.3. The number of nitrogens with zero attached hydrogens (tertiary/aromatic N) is 2. The summed E-state index contributed by atoms with van der Waals surface area (Å²) in [6.07, 6.45) is 1.63. The summed E-state index contributed by atoms with van der Waals surface area (Å²) < 4.78 is 15.8. The van der Waals surface area contributed by atoms with E-state index in [0.29, 0.717) is 5.88 Å². The lowest BCUT2D eigenvalue weighted by atomic mass is 10.0. The van der Waals surface area contributed by atoms with Crippen LogP contribution in [-0.2, 0) is 11.3 Å². The monoisotopic (exact) mass is 289 g/mol. The van der Waals surface area contributed by atoms with Crippen LogP contribution in [0.3, 0.4) is 0 Å². The fourth-order valence-electron chi connectivity index (χ4n) is 2.54. The molecular formula is C15H19N3O3. The van der Waals surface area contributed by atoms with E-state index in [4.69, 9.17) is 19.7 Å². The van der Waals surface area contributed by atoms with Gasteiger partial charge in [0.15, 0.2) is 0 Å². The van der Waals surface area contributed by atoms with Crippen LogP contribution in [0, 0.1) is 0 Å². The number of hydrogen-bond donors (Lipinski definition) is 1. The van der Waals surface area contributed by atoms with E-state index in [2.05, 4.69) is 16.1 Å². The lowest BCUT2D eigenvalue weighted by Crippen LogP contribution is -2.35. The van der Waals surface area contributed by atoms with Gasteiger partial charge in [-0.15, -0.1) is 0 Å². The molecule has 2 aromatic rings. The molecule has 1 fully saturated rings. The molecule has 6 heteroatoms. The molecule has 1 aliphatic rings. The van der Waals surface area contributed by atoms with Crippen LogP contribution in [0.25, 0.3) is 11.1 Å². The van der Waals surface area contributed by atoms with Gasteiger partial charge < -0.3 is 19.7 Å². The first-order valence-electron chi connectivity index (χ1n) is 6.95. The third-order valence-corrected chi connectivity index (χ3v) is 3.69.